The summed E-state index contributed by atoms with van der Waals surface area (Å²) in [6, 6.07) is 8.74. The number of amides is 1. The van der Waals surface area contributed by atoms with Crippen molar-refractivity contribution in [3.63, 3.8) is 0 Å². The number of aromatic nitrogens is 1. The monoisotopic (exact) mass is 421 g/mol. The van der Waals surface area contributed by atoms with Crippen LogP contribution in [0.25, 0.3) is 0 Å². The number of sulfonamides is 1. The predicted octanol–water partition coefficient (Wildman–Crippen LogP) is 3.02. The number of fused-ring (bicyclic) bond motifs is 1. The van der Waals surface area contributed by atoms with Gasteiger partial charge in [-0.2, -0.15) is 4.31 Å². The van der Waals surface area contributed by atoms with E-state index in [0.717, 1.165) is 10.6 Å². The zero-order chi connectivity index (χ0) is 19.7. The van der Waals surface area contributed by atoms with Crippen molar-refractivity contribution in [2.75, 3.05) is 11.9 Å². The quantitative estimate of drug-likeness (QED) is 0.684. The molecule has 0 bridgehead atoms. The van der Waals surface area contributed by atoms with E-state index in [4.69, 9.17) is 4.42 Å². The van der Waals surface area contributed by atoms with E-state index in [0.29, 0.717) is 23.7 Å². The molecule has 2 aromatic heterocycles. The third kappa shape index (κ3) is 3.98. The lowest BCUT2D eigenvalue weighted by molar-refractivity contribution is 0.0996. The third-order valence-corrected chi connectivity index (χ3v) is 7.09. The van der Waals surface area contributed by atoms with Crippen molar-refractivity contribution in [2.45, 2.75) is 18.7 Å². The molecular weight excluding hydrogens is 405 g/mol. The molecule has 146 valence electrons. The fourth-order valence-corrected chi connectivity index (χ4v) is 5.54. The van der Waals surface area contributed by atoms with Gasteiger partial charge in [0.2, 0.25) is 10.0 Å². The summed E-state index contributed by atoms with van der Waals surface area (Å²) in [5.74, 6) is -0.965. The van der Waals surface area contributed by atoms with Crippen LogP contribution in [0.5, 0.6) is 0 Å². The molecule has 1 aliphatic heterocycles. The van der Waals surface area contributed by atoms with Crippen molar-refractivity contribution in [1.29, 1.82) is 0 Å². The van der Waals surface area contributed by atoms with Crippen molar-refractivity contribution in [3.05, 3.63) is 70.4 Å². The Balaban J connectivity index is 1.47. The van der Waals surface area contributed by atoms with Gasteiger partial charge in [0.1, 0.15) is 5.82 Å². The molecule has 4 rings (SSSR count). The zero-order valence-corrected chi connectivity index (χ0v) is 16.2. The Morgan fingerprint density at radius 2 is 2.18 bits per heavy atom. The van der Waals surface area contributed by atoms with Gasteiger partial charge in [-0.05, 0) is 29.8 Å². The number of hydrogen-bond donors (Lipinski definition) is 1. The van der Waals surface area contributed by atoms with Gasteiger partial charge in [0, 0.05) is 24.4 Å². The third-order valence-electron chi connectivity index (χ3n) is 4.29. The molecule has 0 saturated heterocycles. The Kier molecular flexibility index (Phi) is 5.00. The minimum absolute atomic E-state index is 0.174. The van der Waals surface area contributed by atoms with Gasteiger partial charge in [-0.25, -0.2) is 17.8 Å². The van der Waals surface area contributed by atoms with E-state index in [1.54, 1.807) is 18.2 Å². The SMILES string of the molecule is O=C(Nc1nc2c(s1)CN(S(=O)(=O)Cc1cccc(F)c1)CC2)c1ccco1. The number of halogens is 1. The van der Waals surface area contributed by atoms with Crippen LogP contribution in [0.2, 0.25) is 0 Å². The average molecular weight is 421 g/mol. The van der Waals surface area contributed by atoms with E-state index in [-0.39, 0.29) is 18.1 Å². The molecule has 0 saturated carbocycles. The summed E-state index contributed by atoms with van der Waals surface area (Å²) in [7, 11) is -3.60. The Labute approximate surface area is 164 Å². The van der Waals surface area contributed by atoms with Crippen LogP contribution in [0, 0.1) is 5.82 Å². The van der Waals surface area contributed by atoms with Crippen molar-refractivity contribution in [3.8, 4) is 0 Å². The lowest BCUT2D eigenvalue weighted by atomic mass is 10.2. The van der Waals surface area contributed by atoms with Crippen molar-refractivity contribution < 1.29 is 22.0 Å². The van der Waals surface area contributed by atoms with Gasteiger partial charge in [0.05, 0.1) is 17.7 Å². The molecule has 0 fully saturated rings. The van der Waals surface area contributed by atoms with Gasteiger partial charge in [0.15, 0.2) is 10.9 Å². The smallest absolute Gasteiger partial charge is 0.293 e. The number of hydrogen-bond acceptors (Lipinski definition) is 6. The molecular formula is C18H16FN3O4S2. The van der Waals surface area contributed by atoms with E-state index >= 15 is 0 Å². The summed E-state index contributed by atoms with van der Waals surface area (Å²) < 4.78 is 45.2. The maximum absolute atomic E-state index is 13.3. The topological polar surface area (TPSA) is 92.5 Å². The van der Waals surface area contributed by atoms with Crippen LogP contribution >= 0.6 is 11.3 Å². The lowest BCUT2D eigenvalue weighted by Crippen LogP contribution is -2.36. The number of benzene rings is 1. The summed E-state index contributed by atoms with van der Waals surface area (Å²) >= 11 is 1.24. The second-order valence-corrected chi connectivity index (χ2v) is 9.34. The Morgan fingerprint density at radius 1 is 1.32 bits per heavy atom. The normalized spacial score (nSPS) is 14.6. The minimum atomic E-state index is -3.60. The van der Waals surface area contributed by atoms with E-state index in [1.807, 2.05) is 0 Å². The molecule has 0 spiro atoms. The molecule has 0 radical (unpaired) electrons. The molecule has 0 unspecified atom stereocenters. The van der Waals surface area contributed by atoms with Gasteiger partial charge in [-0.3, -0.25) is 10.1 Å². The Bertz CT molecular complexity index is 1110. The number of thiazole rings is 1. The largest absolute Gasteiger partial charge is 0.459 e. The molecule has 0 atom stereocenters. The van der Waals surface area contributed by atoms with Gasteiger partial charge < -0.3 is 4.42 Å². The first kappa shape index (κ1) is 18.8. The van der Waals surface area contributed by atoms with Crippen LogP contribution < -0.4 is 5.32 Å². The number of anilines is 1. The number of nitrogens with one attached hydrogen (secondary N) is 1. The Morgan fingerprint density at radius 3 is 2.93 bits per heavy atom. The summed E-state index contributed by atoms with van der Waals surface area (Å²) in [4.78, 5) is 17.2. The van der Waals surface area contributed by atoms with E-state index < -0.39 is 21.7 Å². The molecule has 1 aliphatic rings. The van der Waals surface area contributed by atoms with Crippen LogP contribution in [-0.4, -0.2) is 30.2 Å². The second-order valence-electron chi connectivity index (χ2n) is 6.29. The summed E-state index contributed by atoms with van der Waals surface area (Å²) in [5, 5.41) is 3.07. The fraction of sp³-hybridized carbons (Fsp3) is 0.222. The maximum Gasteiger partial charge on any atom is 0.293 e. The van der Waals surface area contributed by atoms with Gasteiger partial charge in [-0.1, -0.05) is 12.1 Å². The van der Waals surface area contributed by atoms with Crippen LogP contribution in [0.4, 0.5) is 9.52 Å². The van der Waals surface area contributed by atoms with Crippen molar-refractivity contribution >= 4 is 32.4 Å². The van der Waals surface area contributed by atoms with Gasteiger partial charge in [-0.15, -0.1) is 11.3 Å². The van der Waals surface area contributed by atoms with Crippen LogP contribution in [-0.2, 0) is 28.7 Å². The maximum atomic E-state index is 13.3. The summed E-state index contributed by atoms with van der Waals surface area (Å²) in [6.07, 6.45) is 1.86. The molecule has 1 amide bonds. The first-order chi connectivity index (χ1) is 13.4. The molecule has 28 heavy (non-hydrogen) atoms. The summed E-state index contributed by atoms with van der Waals surface area (Å²) in [6.45, 7) is 0.473. The highest BCUT2D eigenvalue weighted by atomic mass is 32.2. The number of nitrogens with zero attached hydrogens (tertiary/aromatic N) is 2. The van der Waals surface area contributed by atoms with Crippen LogP contribution in [0.3, 0.4) is 0 Å². The highest BCUT2D eigenvalue weighted by Gasteiger charge is 2.29. The van der Waals surface area contributed by atoms with Crippen LogP contribution in [0.1, 0.15) is 26.7 Å². The number of rotatable bonds is 5. The van der Waals surface area contributed by atoms with Crippen molar-refractivity contribution in [1.82, 2.24) is 9.29 Å². The molecule has 1 N–H and O–H groups in total. The molecule has 7 nitrogen and oxygen atoms in total. The standard InChI is InChI=1S/C18H16FN3O4S2/c19-13-4-1-3-12(9-13)11-28(24,25)22-7-6-14-16(10-22)27-18(20-14)21-17(23)15-5-2-8-26-15/h1-5,8-9H,6-7,10-11H2,(H,20,21,23). The fourth-order valence-electron chi connectivity index (χ4n) is 2.96. The molecule has 3 heterocycles. The number of furan rings is 1. The van der Waals surface area contributed by atoms with Gasteiger partial charge >= 0.3 is 0 Å². The van der Waals surface area contributed by atoms with E-state index in [2.05, 4.69) is 10.3 Å². The predicted molar refractivity (Wildman–Crippen MR) is 102 cm³/mol. The molecule has 10 heteroatoms. The first-order valence-electron chi connectivity index (χ1n) is 8.46. The van der Waals surface area contributed by atoms with Crippen LogP contribution in [0.15, 0.2) is 47.1 Å². The van der Waals surface area contributed by atoms with Gasteiger partial charge in [0.25, 0.3) is 5.91 Å². The highest BCUT2D eigenvalue weighted by molar-refractivity contribution is 7.88. The minimum Gasteiger partial charge on any atom is -0.459 e. The Hall–Kier alpha value is -2.56. The highest BCUT2D eigenvalue weighted by Crippen LogP contribution is 2.30. The zero-order valence-electron chi connectivity index (χ0n) is 14.6. The first-order valence-corrected chi connectivity index (χ1v) is 10.9. The lowest BCUT2D eigenvalue weighted by Gasteiger charge is -2.25. The second kappa shape index (κ2) is 7.46. The summed E-state index contributed by atoms with van der Waals surface area (Å²) in [5.41, 5.74) is 1.18. The molecule has 0 aliphatic carbocycles. The average Bonchev–Trinajstić information content (AvgIpc) is 3.30. The van der Waals surface area contributed by atoms with E-state index in [9.17, 15) is 17.6 Å². The van der Waals surface area contributed by atoms with Crippen molar-refractivity contribution in [2.24, 2.45) is 0 Å². The van der Waals surface area contributed by atoms with E-state index in [1.165, 1.54) is 40.1 Å². The molecule has 1 aromatic carbocycles. The number of carbonyl (C=O) groups is 1. The molecule has 3 aromatic rings. The number of carbonyl (C=O) groups excluding carboxylic acids is 1.